The largest absolute Gasteiger partial charge is 0.416 e. The molecule has 3 rings (SSSR count). The molecule has 1 fully saturated rings. The van der Waals surface area contributed by atoms with Crippen LogP contribution in [0.2, 0.25) is 0 Å². The van der Waals surface area contributed by atoms with E-state index in [0.29, 0.717) is 31.5 Å². The Kier molecular flexibility index (Phi) is 9.42. The van der Waals surface area contributed by atoms with Crippen molar-refractivity contribution >= 4 is 12.6 Å². The van der Waals surface area contributed by atoms with Gasteiger partial charge in [0, 0.05) is 18.0 Å². The van der Waals surface area contributed by atoms with Gasteiger partial charge in [-0.2, -0.15) is 26.3 Å². The van der Waals surface area contributed by atoms with E-state index in [1.165, 1.54) is 6.92 Å². The van der Waals surface area contributed by atoms with E-state index in [1.54, 1.807) is 23.1 Å². The van der Waals surface area contributed by atoms with Crippen molar-refractivity contribution in [2.45, 2.75) is 43.8 Å². The van der Waals surface area contributed by atoms with Crippen LogP contribution in [-0.4, -0.2) is 43.8 Å². The maximum atomic E-state index is 13.4. The Labute approximate surface area is 221 Å². The van der Waals surface area contributed by atoms with Crippen molar-refractivity contribution in [3.8, 4) is 0 Å². The van der Waals surface area contributed by atoms with E-state index in [1.807, 2.05) is 12.1 Å². The van der Waals surface area contributed by atoms with E-state index in [2.05, 4.69) is 21.7 Å². The first-order chi connectivity index (χ1) is 18.3. The van der Waals surface area contributed by atoms with Crippen LogP contribution in [0.3, 0.4) is 0 Å². The molecular weight excluding hydrogens is 528 g/mol. The van der Waals surface area contributed by atoms with Gasteiger partial charge in [0.1, 0.15) is 0 Å². The molecular formula is C26H27F6N5O2. The molecule has 0 radical (unpaired) electrons. The highest BCUT2D eigenvalue weighted by Crippen LogP contribution is 2.42. The topological polar surface area (TPSA) is 90.7 Å². The number of carbonyl (C=O) groups excluding carboxylic acids is 1. The maximum Gasteiger partial charge on any atom is 0.416 e. The van der Waals surface area contributed by atoms with Crippen LogP contribution in [0.5, 0.6) is 0 Å². The number of amides is 1. The van der Waals surface area contributed by atoms with Gasteiger partial charge in [-0.05, 0) is 67.3 Å². The number of azide groups is 1. The Hall–Kier alpha value is -3.41. The molecule has 0 aliphatic carbocycles. The summed E-state index contributed by atoms with van der Waals surface area (Å²) < 4.78 is 86.4. The second-order valence-corrected chi connectivity index (χ2v) is 9.44. The normalized spacial score (nSPS) is 21.2. The van der Waals surface area contributed by atoms with Crippen LogP contribution in [0.4, 0.5) is 26.3 Å². The Bertz CT molecular complexity index is 1180. The lowest BCUT2D eigenvalue weighted by Gasteiger charge is -2.49. The highest BCUT2D eigenvalue weighted by molar-refractivity contribution is 5.82. The zero-order chi connectivity index (χ0) is 28.8. The van der Waals surface area contributed by atoms with Gasteiger partial charge in [0.05, 0.1) is 35.9 Å². The molecule has 0 unspecified atom stereocenters. The van der Waals surface area contributed by atoms with Crippen molar-refractivity contribution in [1.82, 2.24) is 4.90 Å². The predicted octanol–water partition coefficient (Wildman–Crippen LogP) is 6.95. The summed E-state index contributed by atoms with van der Waals surface area (Å²) in [6.07, 6.45) is -10.1. The van der Waals surface area contributed by atoms with Crippen molar-refractivity contribution < 1.29 is 35.9 Å². The minimum absolute atomic E-state index is 0.0717. The molecule has 0 spiro atoms. The van der Waals surface area contributed by atoms with E-state index in [9.17, 15) is 31.1 Å². The van der Waals surface area contributed by atoms with Crippen LogP contribution in [0.25, 0.3) is 10.4 Å². The molecule has 0 bridgehead atoms. The number of aliphatic imine (C=N–C) groups is 1. The fourth-order valence-corrected chi connectivity index (χ4v) is 4.80. The third kappa shape index (κ3) is 7.37. The van der Waals surface area contributed by atoms with E-state index >= 15 is 0 Å². The van der Waals surface area contributed by atoms with Gasteiger partial charge in [0.15, 0.2) is 0 Å². The number of likely N-dealkylation sites (tertiary alicyclic amines) is 1. The van der Waals surface area contributed by atoms with E-state index in [4.69, 9.17) is 10.3 Å². The first kappa shape index (κ1) is 30.1. The zero-order valence-corrected chi connectivity index (χ0v) is 21.0. The van der Waals surface area contributed by atoms with Gasteiger partial charge in [-0.25, -0.2) is 4.99 Å². The number of halogens is 6. The molecule has 13 heteroatoms. The van der Waals surface area contributed by atoms with Crippen LogP contribution in [-0.2, 0) is 27.4 Å². The first-order valence-corrected chi connectivity index (χ1v) is 12.0. The van der Waals surface area contributed by atoms with Crippen LogP contribution in [0.1, 0.15) is 48.1 Å². The molecule has 7 nitrogen and oxygen atoms in total. The highest BCUT2D eigenvalue weighted by atomic mass is 19.4. The van der Waals surface area contributed by atoms with Crippen molar-refractivity contribution in [2.75, 3.05) is 26.2 Å². The molecule has 1 heterocycles. The third-order valence-corrected chi connectivity index (χ3v) is 6.92. The Morgan fingerprint density at radius 3 is 2.31 bits per heavy atom. The molecule has 0 aromatic heterocycles. The van der Waals surface area contributed by atoms with Crippen molar-refractivity contribution in [1.29, 1.82) is 0 Å². The molecule has 210 valence electrons. The standard InChI is InChI=1S/C26H27F6N5O2/c1-17(19-10-21(25(27,28)29)12-22(11-19)26(30,31)32)39-16-24(20-6-4-3-5-7-20)9-8-18(13-35-36-33)14-37(24)15-23(38)34-2/h3-7,10-12,17-18H,2,8-9,13-16H2,1H3/t17-,18-,24-/m1/s1. The van der Waals surface area contributed by atoms with Crippen molar-refractivity contribution in [3.05, 3.63) is 81.2 Å². The smallest absolute Gasteiger partial charge is 0.372 e. The van der Waals surface area contributed by atoms with Gasteiger partial charge in [0.25, 0.3) is 5.91 Å². The monoisotopic (exact) mass is 555 g/mol. The van der Waals surface area contributed by atoms with Gasteiger partial charge < -0.3 is 4.74 Å². The Morgan fingerprint density at radius 2 is 1.77 bits per heavy atom. The number of carbonyl (C=O) groups is 1. The summed E-state index contributed by atoms with van der Waals surface area (Å²) in [5.41, 5.74) is 5.37. The average Bonchev–Trinajstić information content (AvgIpc) is 2.90. The lowest BCUT2D eigenvalue weighted by Crippen LogP contribution is -2.56. The molecule has 2 aromatic carbocycles. The van der Waals surface area contributed by atoms with Crippen molar-refractivity contribution in [2.24, 2.45) is 16.0 Å². The number of hydrogen-bond acceptors (Lipinski definition) is 4. The number of rotatable bonds is 9. The number of alkyl halides is 6. The summed E-state index contributed by atoms with van der Waals surface area (Å²) in [6.45, 7) is 4.85. The molecule has 3 atom stereocenters. The molecule has 0 saturated carbocycles. The van der Waals surface area contributed by atoms with E-state index in [-0.39, 0.29) is 37.2 Å². The minimum Gasteiger partial charge on any atom is -0.372 e. The molecule has 2 aromatic rings. The van der Waals surface area contributed by atoms with Crippen LogP contribution in [0, 0.1) is 5.92 Å². The lowest BCUT2D eigenvalue weighted by molar-refractivity contribution is -0.143. The average molecular weight is 556 g/mol. The number of benzene rings is 2. The SMILES string of the molecule is C=NC(=O)CN1C[C@@H](CN=[N+]=[N-])CC[C@@]1(CO[C@H](C)c1cc(C(F)(F)F)cc(C(F)(F)F)c1)c1ccccc1. The van der Waals surface area contributed by atoms with Gasteiger partial charge in [-0.1, -0.05) is 35.4 Å². The molecule has 0 N–H and O–H groups in total. The van der Waals surface area contributed by atoms with E-state index in [0.717, 1.165) is 5.56 Å². The fraction of sp³-hybridized carbons (Fsp3) is 0.462. The number of hydrogen-bond donors (Lipinski definition) is 0. The predicted molar refractivity (Wildman–Crippen MR) is 132 cm³/mol. The third-order valence-electron chi connectivity index (χ3n) is 6.92. The first-order valence-electron chi connectivity index (χ1n) is 12.0. The lowest BCUT2D eigenvalue weighted by atomic mass is 9.77. The van der Waals surface area contributed by atoms with Gasteiger partial charge >= 0.3 is 12.4 Å². The maximum absolute atomic E-state index is 13.4. The second-order valence-electron chi connectivity index (χ2n) is 9.44. The zero-order valence-electron chi connectivity index (χ0n) is 21.0. The Morgan fingerprint density at radius 1 is 1.15 bits per heavy atom. The number of nitrogens with zero attached hydrogens (tertiary/aromatic N) is 5. The summed E-state index contributed by atoms with van der Waals surface area (Å²) in [5.74, 6) is -0.619. The summed E-state index contributed by atoms with van der Waals surface area (Å²) in [7, 11) is 0. The second kappa shape index (κ2) is 12.2. The van der Waals surface area contributed by atoms with Crippen LogP contribution >= 0.6 is 0 Å². The summed E-state index contributed by atoms with van der Waals surface area (Å²) in [5, 5.41) is 3.64. The van der Waals surface area contributed by atoms with Crippen LogP contribution < -0.4 is 0 Å². The van der Waals surface area contributed by atoms with Gasteiger partial charge in [-0.15, -0.1) is 0 Å². The quantitative estimate of drug-likeness (QED) is 0.110. The molecule has 39 heavy (non-hydrogen) atoms. The summed E-state index contributed by atoms with van der Waals surface area (Å²) in [6, 6.07) is 10.3. The summed E-state index contributed by atoms with van der Waals surface area (Å²) in [4.78, 5) is 20.4. The highest BCUT2D eigenvalue weighted by Gasteiger charge is 2.44. The van der Waals surface area contributed by atoms with Crippen molar-refractivity contribution in [3.63, 3.8) is 0 Å². The molecule has 1 aliphatic rings. The number of piperidine rings is 1. The summed E-state index contributed by atoms with van der Waals surface area (Å²) >= 11 is 0. The van der Waals surface area contributed by atoms with Gasteiger partial charge in [-0.3, -0.25) is 9.69 Å². The molecule has 1 amide bonds. The number of ether oxygens (including phenoxy) is 1. The van der Waals surface area contributed by atoms with Crippen LogP contribution in [0.15, 0.2) is 58.6 Å². The molecule has 1 saturated heterocycles. The minimum atomic E-state index is -4.99. The Balaban J connectivity index is 1.99. The fourth-order valence-electron chi connectivity index (χ4n) is 4.80. The van der Waals surface area contributed by atoms with Gasteiger partial charge in [0.2, 0.25) is 0 Å². The van der Waals surface area contributed by atoms with E-state index < -0.39 is 41.0 Å². The molecule has 1 aliphatic heterocycles.